The van der Waals surface area contributed by atoms with E-state index in [4.69, 9.17) is 5.26 Å². The predicted octanol–water partition coefficient (Wildman–Crippen LogP) is 1.30. The van der Waals surface area contributed by atoms with Gasteiger partial charge in [-0.15, -0.1) is 11.3 Å². The molecule has 1 aliphatic rings. The van der Waals surface area contributed by atoms with Crippen LogP contribution in [0.5, 0.6) is 0 Å². The van der Waals surface area contributed by atoms with E-state index in [2.05, 4.69) is 16.2 Å². The number of carbonyl (C=O) groups is 1. The van der Waals surface area contributed by atoms with Gasteiger partial charge < -0.3 is 4.90 Å². The van der Waals surface area contributed by atoms with Crippen LogP contribution in [0.15, 0.2) is 23.3 Å². The first-order valence-electron chi connectivity index (χ1n) is 5.89. The summed E-state index contributed by atoms with van der Waals surface area (Å²) < 4.78 is 1.77. The molecule has 0 bridgehead atoms. The Labute approximate surface area is 113 Å². The van der Waals surface area contributed by atoms with Gasteiger partial charge in [-0.1, -0.05) is 0 Å². The molecule has 1 fully saturated rings. The normalized spacial score (nSPS) is 18.5. The maximum absolute atomic E-state index is 12.1. The lowest BCUT2D eigenvalue weighted by Gasteiger charge is -2.15. The number of carbonyl (C=O) groups excluding carboxylic acids is 1. The van der Waals surface area contributed by atoms with Crippen LogP contribution in [0.25, 0.3) is 0 Å². The monoisotopic (exact) mass is 273 g/mol. The smallest absolute Gasteiger partial charge is 0.273 e. The minimum absolute atomic E-state index is 0.0311. The molecule has 1 amide bonds. The molecular formula is C12H11N5OS. The van der Waals surface area contributed by atoms with Gasteiger partial charge >= 0.3 is 0 Å². The van der Waals surface area contributed by atoms with E-state index in [1.807, 2.05) is 0 Å². The summed E-state index contributed by atoms with van der Waals surface area (Å²) in [4.78, 5) is 18.0. The number of amides is 1. The van der Waals surface area contributed by atoms with Crippen LogP contribution in [-0.2, 0) is 0 Å². The van der Waals surface area contributed by atoms with E-state index >= 15 is 0 Å². The number of nitrogens with zero attached hydrogens (tertiary/aromatic N) is 5. The van der Waals surface area contributed by atoms with Gasteiger partial charge in [0.05, 0.1) is 23.3 Å². The summed E-state index contributed by atoms with van der Waals surface area (Å²) in [6.07, 6.45) is 4.12. The van der Waals surface area contributed by atoms with Crippen molar-refractivity contribution in [3.05, 3.63) is 34.5 Å². The molecule has 3 rings (SSSR count). The molecule has 1 aliphatic heterocycles. The molecule has 6 nitrogen and oxygen atoms in total. The van der Waals surface area contributed by atoms with Gasteiger partial charge in [0, 0.05) is 24.7 Å². The summed E-state index contributed by atoms with van der Waals surface area (Å²) in [7, 11) is 0. The fraction of sp³-hybridized carbons (Fsp3) is 0.333. The summed E-state index contributed by atoms with van der Waals surface area (Å²) >= 11 is 1.42. The number of hydrogen-bond acceptors (Lipinski definition) is 5. The van der Waals surface area contributed by atoms with Gasteiger partial charge in [-0.2, -0.15) is 10.4 Å². The molecule has 0 N–H and O–H groups in total. The van der Waals surface area contributed by atoms with Crippen molar-refractivity contribution in [3.8, 4) is 6.07 Å². The van der Waals surface area contributed by atoms with Crippen molar-refractivity contribution in [1.82, 2.24) is 19.7 Å². The number of hydrogen-bond donors (Lipinski definition) is 0. The lowest BCUT2D eigenvalue weighted by Crippen LogP contribution is -2.29. The highest BCUT2D eigenvalue weighted by Crippen LogP contribution is 2.22. The van der Waals surface area contributed by atoms with Crippen LogP contribution < -0.4 is 0 Å². The van der Waals surface area contributed by atoms with E-state index in [-0.39, 0.29) is 11.9 Å². The van der Waals surface area contributed by atoms with E-state index in [1.165, 1.54) is 11.3 Å². The molecule has 1 unspecified atom stereocenters. The summed E-state index contributed by atoms with van der Waals surface area (Å²) in [5.74, 6) is -0.0311. The Bertz CT molecular complexity index is 627. The Morgan fingerprint density at radius 1 is 1.58 bits per heavy atom. The zero-order valence-corrected chi connectivity index (χ0v) is 10.9. The minimum atomic E-state index is -0.0311. The van der Waals surface area contributed by atoms with Crippen LogP contribution in [0.3, 0.4) is 0 Å². The predicted molar refractivity (Wildman–Crippen MR) is 68.6 cm³/mol. The number of thiazole rings is 1. The van der Waals surface area contributed by atoms with Crippen molar-refractivity contribution in [2.75, 3.05) is 13.1 Å². The van der Waals surface area contributed by atoms with Gasteiger partial charge in [0.15, 0.2) is 0 Å². The largest absolute Gasteiger partial charge is 0.335 e. The second kappa shape index (κ2) is 4.82. The molecule has 0 radical (unpaired) electrons. The minimum Gasteiger partial charge on any atom is -0.335 e. The van der Waals surface area contributed by atoms with Crippen molar-refractivity contribution in [1.29, 1.82) is 5.26 Å². The lowest BCUT2D eigenvalue weighted by atomic mass is 10.3. The second-order valence-electron chi connectivity index (χ2n) is 4.39. The van der Waals surface area contributed by atoms with Crippen LogP contribution in [0, 0.1) is 11.3 Å². The molecule has 0 aromatic carbocycles. The SMILES string of the molecule is N#Cc1cnn(C2CCN(C(=O)c3cscn3)C2)c1. The van der Waals surface area contributed by atoms with Crippen molar-refractivity contribution < 1.29 is 4.79 Å². The van der Waals surface area contributed by atoms with Crippen LogP contribution in [-0.4, -0.2) is 38.7 Å². The fourth-order valence-electron chi connectivity index (χ4n) is 2.22. The van der Waals surface area contributed by atoms with Crippen molar-refractivity contribution in [2.24, 2.45) is 0 Å². The van der Waals surface area contributed by atoms with Gasteiger partial charge in [-0.3, -0.25) is 9.48 Å². The van der Waals surface area contributed by atoms with E-state index < -0.39 is 0 Å². The lowest BCUT2D eigenvalue weighted by molar-refractivity contribution is 0.0782. The summed E-state index contributed by atoms with van der Waals surface area (Å²) in [5, 5.41) is 14.7. The molecule has 2 aromatic rings. The first-order chi connectivity index (χ1) is 9.28. The maximum Gasteiger partial charge on any atom is 0.273 e. The Morgan fingerprint density at radius 2 is 2.47 bits per heavy atom. The molecule has 1 atom stereocenters. The molecule has 7 heteroatoms. The van der Waals surface area contributed by atoms with Crippen molar-refractivity contribution in [3.63, 3.8) is 0 Å². The van der Waals surface area contributed by atoms with Crippen LogP contribution in [0.1, 0.15) is 28.5 Å². The summed E-state index contributed by atoms with van der Waals surface area (Å²) in [6, 6.07) is 2.20. The quantitative estimate of drug-likeness (QED) is 0.826. The molecule has 0 saturated carbocycles. The van der Waals surface area contributed by atoms with Crippen molar-refractivity contribution >= 4 is 17.2 Å². The Kier molecular flexibility index (Phi) is 3.01. The average Bonchev–Trinajstić information content (AvgIpc) is 3.17. The van der Waals surface area contributed by atoms with Crippen LogP contribution in [0.2, 0.25) is 0 Å². The second-order valence-corrected chi connectivity index (χ2v) is 5.11. The van der Waals surface area contributed by atoms with E-state index in [0.29, 0.717) is 24.3 Å². The average molecular weight is 273 g/mol. The van der Waals surface area contributed by atoms with Crippen LogP contribution in [0.4, 0.5) is 0 Å². The van der Waals surface area contributed by atoms with Gasteiger partial charge in [-0.05, 0) is 6.42 Å². The van der Waals surface area contributed by atoms with Crippen molar-refractivity contribution in [2.45, 2.75) is 12.5 Å². The Balaban J connectivity index is 1.70. The highest BCUT2D eigenvalue weighted by atomic mass is 32.1. The Hall–Kier alpha value is -2.20. The summed E-state index contributed by atoms with van der Waals surface area (Å²) in [6.45, 7) is 1.31. The zero-order chi connectivity index (χ0) is 13.2. The first-order valence-corrected chi connectivity index (χ1v) is 6.84. The first kappa shape index (κ1) is 11.9. The number of aromatic nitrogens is 3. The third-order valence-electron chi connectivity index (χ3n) is 3.21. The summed E-state index contributed by atoms with van der Waals surface area (Å²) in [5.41, 5.74) is 2.71. The molecule has 0 spiro atoms. The maximum atomic E-state index is 12.1. The molecule has 1 saturated heterocycles. The van der Waals surface area contributed by atoms with E-state index in [9.17, 15) is 4.79 Å². The fourth-order valence-corrected chi connectivity index (χ4v) is 2.74. The van der Waals surface area contributed by atoms with Crippen LogP contribution >= 0.6 is 11.3 Å². The zero-order valence-electron chi connectivity index (χ0n) is 10.1. The molecule has 3 heterocycles. The van der Waals surface area contributed by atoms with Gasteiger partial charge in [-0.25, -0.2) is 4.98 Å². The van der Waals surface area contributed by atoms with Gasteiger partial charge in [0.25, 0.3) is 5.91 Å². The molecule has 2 aromatic heterocycles. The number of rotatable bonds is 2. The van der Waals surface area contributed by atoms with E-state index in [1.54, 1.807) is 32.9 Å². The number of nitriles is 1. The van der Waals surface area contributed by atoms with E-state index in [0.717, 1.165) is 6.42 Å². The Morgan fingerprint density at radius 3 is 3.16 bits per heavy atom. The highest BCUT2D eigenvalue weighted by molar-refractivity contribution is 7.07. The van der Waals surface area contributed by atoms with Gasteiger partial charge in [0.2, 0.25) is 0 Å². The molecule has 96 valence electrons. The standard InChI is InChI=1S/C12H11N5OS/c13-3-9-4-15-17(5-9)10-1-2-16(6-10)12(18)11-7-19-8-14-11/h4-5,7-8,10H,1-2,6H2. The van der Waals surface area contributed by atoms with Gasteiger partial charge in [0.1, 0.15) is 11.8 Å². The molecule has 19 heavy (non-hydrogen) atoms. The highest BCUT2D eigenvalue weighted by Gasteiger charge is 2.29. The number of likely N-dealkylation sites (tertiary alicyclic amines) is 1. The molecule has 0 aliphatic carbocycles. The third-order valence-corrected chi connectivity index (χ3v) is 3.79. The topological polar surface area (TPSA) is 74.8 Å². The molecular weight excluding hydrogens is 262 g/mol. The third kappa shape index (κ3) is 2.22.